The van der Waals surface area contributed by atoms with Gasteiger partial charge in [-0.3, -0.25) is 9.00 Å². The molecule has 0 bridgehead atoms. The molecule has 0 aliphatic carbocycles. The van der Waals surface area contributed by atoms with Gasteiger partial charge in [-0.25, -0.2) is 0 Å². The third kappa shape index (κ3) is 5.38. The number of hydrogen-bond donors (Lipinski definition) is 1. The van der Waals surface area contributed by atoms with Crippen molar-refractivity contribution in [3.63, 3.8) is 0 Å². The van der Waals surface area contributed by atoms with Crippen molar-refractivity contribution in [3.05, 3.63) is 59.7 Å². The Morgan fingerprint density at radius 3 is 2.62 bits per heavy atom. The van der Waals surface area contributed by atoms with Crippen LogP contribution in [0.3, 0.4) is 0 Å². The molecule has 6 heteroatoms. The number of benzene rings is 2. The maximum Gasteiger partial charge on any atom is 0.232 e. The molecule has 2 aromatic carbocycles. The number of methoxy groups -OCH3 is 2. The van der Waals surface area contributed by atoms with Crippen LogP contribution < -0.4 is 14.8 Å². The van der Waals surface area contributed by atoms with E-state index in [1.165, 1.54) is 0 Å². The van der Waals surface area contributed by atoms with Crippen molar-refractivity contribution in [2.24, 2.45) is 0 Å². The van der Waals surface area contributed by atoms with Gasteiger partial charge in [0.1, 0.15) is 17.3 Å². The maximum absolute atomic E-state index is 12.1. The Kier molecular flexibility index (Phi) is 6.81. The Labute approximate surface area is 144 Å². The second kappa shape index (κ2) is 9.08. The summed E-state index contributed by atoms with van der Waals surface area (Å²) in [5.41, 5.74) is 1.76. The lowest BCUT2D eigenvalue weighted by molar-refractivity contribution is -0.118. The number of ether oxygens (including phenoxy) is 2. The molecule has 1 atom stereocenters. The average Bonchev–Trinajstić information content (AvgIpc) is 2.60. The molecule has 2 aromatic rings. The summed E-state index contributed by atoms with van der Waals surface area (Å²) in [5.74, 6) is 1.47. The van der Waals surface area contributed by atoms with Crippen molar-refractivity contribution in [2.75, 3.05) is 20.0 Å². The number of rotatable bonds is 8. The van der Waals surface area contributed by atoms with Gasteiger partial charge < -0.3 is 14.8 Å². The van der Waals surface area contributed by atoms with E-state index >= 15 is 0 Å². The highest BCUT2D eigenvalue weighted by Crippen LogP contribution is 2.17. The van der Waals surface area contributed by atoms with E-state index in [2.05, 4.69) is 5.32 Å². The zero-order valence-corrected chi connectivity index (χ0v) is 14.6. The molecule has 0 saturated heterocycles. The Bertz CT molecular complexity index is 718. The van der Waals surface area contributed by atoms with Gasteiger partial charge in [0.15, 0.2) is 0 Å². The van der Waals surface area contributed by atoms with E-state index in [0.29, 0.717) is 18.0 Å². The summed E-state index contributed by atoms with van der Waals surface area (Å²) in [6.07, 6.45) is 0. The molecule has 5 nitrogen and oxygen atoms in total. The van der Waals surface area contributed by atoms with Gasteiger partial charge in [0.05, 0.1) is 14.2 Å². The molecule has 0 radical (unpaired) electrons. The SMILES string of the molecule is COc1cccc(C[S@](=O)CC(=O)NCc2ccccc2OC)c1. The predicted molar refractivity (Wildman–Crippen MR) is 94.5 cm³/mol. The van der Waals surface area contributed by atoms with E-state index in [0.717, 1.165) is 16.9 Å². The van der Waals surface area contributed by atoms with Gasteiger partial charge in [0.2, 0.25) is 5.91 Å². The summed E-state index contributed by atoms with van der Waals surface area (Å²) in [7, 11) is 1.90. The predicted octanol–water partition coefficient (Wildman–Crippen LogP) is 2.27. The maximum atomic E-state index is 12.1. The first-order valence-corrected chi connectivity index (χ1v) is 8.97. The highest BCUT2D eigenvalue weighted by atomic mass is 32.2. The van der Waals surface area contributed by atoms with Gasteiger partial charge in [0.25, 0.3) is 0 Å². The first kappa shape index (κ1) is 18.0. The molecule has 0 spiro atoms. The van der Waals surface area contributed by atoms with E-state index < -0.39 is 10.8 Å². The smallest absolute Gasteiger partial charge is 0.232 e. The van der Waals surface area contributed by atoms with Gasteiger partial charge in [-0.05, 0) is 23.8 Å². The number of hydrogen-bond acceptors (Lipinski definition) is 4. The van der Waals surface area contributed by atoms with Crippen molar-refractivity contribution in [2.45, 2.75) is 12.3 Å². The second-order valence-electron chi connectivity index (χ2n) is 5.17. The molecule has 0 aliphatic rings. The van der Waals surface area contributed by atoms with Crippen LogP contribution in [-0.2, 0) is 27.9 Å². The van der Waals surface area contributed by atoms with E-state index in [1.807, 2.05) is 48.5 Å². The molecule has 1 N–H and O–H groups in total. The Hall–Kier alpha value is -2.34. The number of nitrogens with one attached hydrogen (secondary N) is 1. The zero-order chi connectivity index (χ0) is 17.4. The standard InChI is InChI=1S/C18H21NO4S/c1-22-16-8-5-6-14(10-16)12-24(21)13-18(20)19-11-15-7-3-4-9-17(15)23-2/h3-10H,11-13H2,1-2H3,(H,19,20)/t24-/m0/s1. The molecule has 24 heavy (non-hydrogen) atoms. The fourth-order valence-corrected chi connectivity index (χ4v) is 3.29. The number of carbonyl (C=O) groups is 1. The summed E-state index contributed by atoms with van der Waals surface area (Å²) < 4.78 is 22.5. The summed E-state index contributed by atoms with van der Waals surface area (Å²) in [6, 6.07) is 14.8. The molecule has 0 unspecified atom stereocenters. The lowest BCUT2D eigenvalue weighted by Gasteiger charge is -2.09. The number of carbonyl (C=O) groups excluding carboxylic acids is 1. The van der Waals surface area contributed by atoms with Gasteiger partial charge in [-0.15, -0.1) is 0 Å². The summed E-state index contributed by atoms with van der Waals surface area (Å²) in [5, 5.41) is 2.78. The first-order valence-electron chi connectivity index (χ1n) is 7.49. The van der Waals surface area contributed by atoms with Crippen molar-refractivity contribution in [1.29, 1.82) is 0 Å². The summed E-state index contributed by atoms with van der Waals surface area (Å²) in [6.45, 7) is 0.346. The molecule has 0 aromatic heterocycles. The lowest BCUT2D eigenvalue weighted by atomic mass is 10.2. The lowest BCUT2D eigenvalue weighted by Crippen LogP contribution is -2.28. The number of para-hydroxylation sites is 1. The Balaban J connectivity index is 1.84. The summed E-state index contributed by atoms with van der Waals surface area (Å²) >= 11 is 0. The third-order valence-electron chi connectivity index (χ3n) is 3.42. The van der Waals surface area contributed by atoms with Gasteiger partial charge in [-0.2, -0.15) is 0 Å². The van der Waals surface area contributed by atoms with E-state index in [-0.39, 0.29) is 11.7 Å². The second-order valence-corrected chi connectivity index (χ2v) is 6.63. The molecule has 0 saturated carbocycles. The summed E-state index contributed by atoms with van der Waals surface area (Å²) in [4.78, 5) is 12.0. The largest absolute Gasteiger partial charge is 0.497 e. The zero-order valence-electron chi connectivity index (χ0n) is 13.8. The highest BCUT2D eigenvalue weighted by molar-refractivity contribution is 7.84. The van der Waals surface area contributed by atoms with Gasteiger partial charge in [-0.1, -0.05) is 30.3 Å². The van der Waals surface area contributed by atoms with Crippen LogP contribution in [0, 0.1) is 0 Å². The minimum Gasteiger partial charge on any atom is -0.497 e. The van der Waals surface area contributed by atoms with E-state index in [1.54, 1.807) is 14.2 Å². The molecular weight excluding hydrogens is 326 g/mol. The van der Waals surface area contributed by atoms with Crippen LogP contribution in [0.1, 0.15) is 11.1 Å². The van der Waals surface area contributed by atoms with Crippen molar-refractivity contribution < 1.29 is 18.5 Å². The van der Waals surface area contributed by atoms with Gasteiger partial charge >= 0.3 is 0 Å². The van der Waals surface area contributed by atoms with Crippen LogP contribution in [-0.4, -0.2) is 30.1 Å². The van der Waals surface area contributed by atoms with Gasteiger partial charge in [0, 0.05) is 28.7 Å². The highest BCUT2D eigenvalue weighted by Gasteiger charge is 2.10. The molecule has 2 rings (SSSR count). The topological polar surface area (TPSA) is 64.6 Å². The monoisotopic (exact) mass is 347 g/mol. The quantitative estimate of drug-likeness (QED) is 0.796. The Morgan fingerprint density at radius 1 is 1.08 bits per heavy atom. The molecule has 0 aliphatic heterocycles. The molecule has 0 fully saturated rings. The molecule has 128 valence electrons. The van der Waals surface area contributed by atoms with Crippen LogP contribution in [0.2, 0.25) is 0 Å². The minimum atomic E-state index is -1.28. The fourth-order valence-electron chi connectivity index (χ4n) is 2.24. The van der Waals surface area contributed by atoms with Crippen LogP contribution in [0.4, 0.5) is 0 Å². The minimum absolute atomic E-state index is 0.0354. The Morgan fingerprint density at radius 2 is 1.88 bits per heavy atom. The van der Waals surface area contributed by atoms with Crippen LogP contribution in [0.5, 0.6) is 11.5 Å². The normalized spacial score (nSPS) is 11.6. The van der Waals surface area contributed by atoms with Crippen molar-refractivity contribution in [3.8, 4) is 11.5 Å². The average molecular weight is 347 g/mol. The first-order chi connectivity index (χ1) is 11.6. The molecular formula is C18H21NO4S. The van der Waals surface area contributed by atoms with Crippen molar-refractivity contribution >= 4 is 16.7 Å². The van der Waals surface area contributed by atoms with E-state index in [9.17, 15) is 9.00 Å². The van der Waals surface area contributed by atoms with E-state index in [4.69, 9.17) is 9.47 Å². The molecule has 1 amide bonds. The van der Waals surface area contributed by atoms with Crippen LogP contribution in [0.25, 0.3) is 0 Å². The number of amides is 1. The molecule has 0 heterocycles. The van der Waals surface area contributed by atoms with Crippen molar-refractivity contribution in [1.82, 2.24) is 5.32 Å². The van der Waals surface area contributed by atoms with Crippen LogP contribution in [0.15, 0.2) is 48.5 Å². The third-order valence-corrected chi connectivity index (χ3v) is 4.66. The fraction of sp³-hybridized carbons (Fsp3) is 0.278. The van der Waals surface area contributed by atoms with Crippen LogP contribution >= 0.6 is 0 Å².